The standard InChI is InChI=1S/C25H29N5O3/c1-25(2,17-31)23(32)27-19-5-3-18(4-6-19)22-11-12-26-24(29-22)28-20-7-9-21(10-8-20)30-13-15-33-16-14-30/h3-12,31H,13-17H2,1-2H3,(H,27,32)(H,26,28,29). The quantitative estimate of drug-likeness (QED) is 0.508. The number of morpholine rings is 1. The molecule has 0 aliphatic carbocycles. The van der Waals surface area contributed by atoms with Crippen LogP contribution >= 0.6 is 0 Å². The van der Waals surface area contributed by atoms with E-state index in [1.54, 1.807) is 20.0 Å². The highest BCUT2D eigenvalue weighted by molar-refractivity contribution is 5.95. The lowest BCUT2D eigenvalue weighted by Gasteiger charge is -2.28. The van der Waals surface area contributed by atoms with Crippen molar-refractivity contribution in [3.63, 3.8) is 0 Å². The number of aliphatic hydroxyl groups is 1. The number of hydrogen-bond acceptors (Lipinski definition) is 7. The fourth-order valence-corrected chi connectivity index (χ4v) is 3.38. The second kappa shape index (κ2) is 9.97. The van der Waals surface area contributed by atoms with Crippen molar-refractivity contribution in [2.75, 3.05) is 48.4 Å². The molecule has 4 rings (SSSR count). The maximum Gasteiger partial charge on any atom is 0.232 e. The Labute approximate surface area is 193 Å². The molecule has 1 fully saturated rings. The molecule has 1 aromatic heterocycles. The second-order valence-electron chi connectivity index (χ2n) is 8.61. The van der Waals surface area contributed by atoms with Crippen molar-refractivity contribution in [3.8, 4) is 11.3 Å². The Hall–Kier alpha value is -3.49. The molecule has 8 nitrogen and oxygen atoms in total. The maximum absolute atomic E-state index is 12.2. The van der Waals surface area contributed by atoms with Gasteiger partial charge in [-0.05, 0) is 56.3 Å². The molecule has 2 heterocycles. The van der Waals surface area contributed by atoms with Gasteiger partial charge in [0.2, 0.25) is 11.9 Å². The third-order valence-corrected chi connectivity index (χ3v) is 5.60. The van der Waals surface area contributed by atoms with Crippen LogP contribution in [0, 0.1) is 5.41 Å². The summed E-state index contributed by atoms with van der Waals surface area (Å²) < 4.78 is 5.41. The van der Waals surface area contributed by atoms with Crippen molar-refractivity contribution in [2.45, 2.75) is 13.8 Å². The largest absolute Gasteiger partial charge is 0.395 e. The monoisotopic (exact) mass is 447 g/mol. The van der Waals surface area contributed by atoms with Crippen LogP contribution in [0.1, 0.15) is 13.8 Å². The Balaban J connectivity index is 1.42. The lowest BCUT2D eigenvalue weighted by Crippen LogP contribution is -2.36. The number of anilines is 4. The minimum Gasteiger partial charge on any atom is -0.395 e. The zero-order chi connectivity index (χ0) is 23.3. The number of carbonyl (C=O) groups excluding carboxylic acids is 1. The molecule has 33 heavy (non-hydrogen) atoms. The van der Waals surface area contributed by atoms with Crippen molar-refractivity contribution >= 4 is 28.9 Å². The fraction of sp³-hybridized carbons (Fsp3) is 0.320. The minimum absolute atomic E-state index is 0.219. The molecule has 1 saturated heterocycles. The SMILES string of the molecule is CC(C)(CO)C(=O)Nc1ccc(-c2ccnc(Nc3ccc(N4CCOCC4)cc3)n2)cc1. The van der Waals surface area contributed by atoms with Crippen LogP contribution in [0.5, 0.6) is 0 Å². The van der Waals surface area contributed by atoms with Crippen LogP contribution in [-0.4, -0.2) is 53.9 Å². The first-order chi connectivity index (χ1) is 15.9. The van der Waals surface area contributed by atoms with Crippen molar-refractivity contribution in [1.29, 1.82) is 0 Å². The van der Waals surface area contributed by atoms with Crippen LogP contribution in [0.2, 0.25) is 0 Å². The van der Waals surface area contributed by atoms with Crippen molar-refractivity contribution < 1.29 is 14.6 Å². The summed E-state index contributed by atoms with van der Waals surface area (Å²) in [5, 5.41) is 15.4. The molecule has 1 aliphatic heterocycles. The lowest BCUT2D eigenvalue weighted by atomic mass is 9.93. The van der Waals surface area contributed by atoms with Crippen LogP contribution in [-0.2, 0) is 9.53 Å². The Morgan fingerprint density at radius 2 is 1.70 bits per heavy atom. The van der Waals surface area contributed by atoms with Gasteiger partial charge in [0, 0.05) is 41.9 Å². The van der Waals surface area contributed by atoms with Gasteiger partial charge in [-0.1, -0.05) is 12.1 Å². The number of aromatic nitrogens is 2. The number of amides is 1. The first-order valence-electron chi connectivity index (χ1n) is 11.0. The zero-order valence-corrected chi connectivity index (χ0v) is 18.9. The summed E-state index contributed by atoms with van der Waals surface area (Å²) in [6.07, 6.45) is 1.71. The van der Waals surface area contributed by atoms with E-state index < -0.39 is 5.41 Å². The smallest absolute Gasteiger partial charge is 0.232 e. The van der Waals surface area contributed by atoms with E-state index in [0.29, 0.717) is 11.6 Å². The Bertz CT molecular complexity index is 1080. The van der Waals surface area contributed by atoms with E-state index in [-0.39, 0.29) is 12.5 Å². The van der Waals surface area contributed by atoms with Gasteiger partial charge in [-0.2, -0.15) is 0 Å². The normalized spacial score (nSPS) is 14.1. The van der Waals surface area contributed by atoms with Gasteiger partial charge in [-0.25, -0.2) is 9.97 Å². The number of carbonyl (C=O) groups is 1. The topological polar surface area (TPSA) is 99.6 Å². The predicted octanol–water partition coefficient (Wildman–Crippen LogP) is 3.68. The second-order valence-corrected chi connectivity index (χ2v) is 8.61. The van der Waals surface area contributed by atoms with Gasteiger partial charge in [0.1, 0.15) is 0 Å². The Kier molecular flexibility index (Phi) is 6.86. The molecule has 0 bridgehead atoms. The molecule has 1 aliphatic rings. The molecule has 8 heteroatoms. The minimum atomic E-state index is -0.841. The first-order valence-corrected chi connectivity index (χ1v) is 11.0. The number of aliphatic hydroxyl groups excluding tert-OH is 1. The number of nitrogens with zero attached hydrogens (tertiary/aromatic N) is 3. The summed E-state index contributed by atoms with van der Waals surface area (Å²) in [7, 11) is 0. The highest BCUT2D eigenvalue weighted by Gasteiger charge is 2.26. The maximum atomic E-state index is 12.2. The molecule has 0 radical (unpaired) electrons. The van der Waals surface area contributed by atoms with Crippen LogP contribution in [0.25, 0.3) is 11.3 Å². The first kappa shape index (κ1) is 22.7. The van der Waals surface area contributed by atoms with E-state index in [1.807, 2.05) is 42.5 Å². The molecule has 0 unspecified atom stereocenters. The summed E-state index contributed by atoms with van der Waals surface area (Å²) in [6.45, 7) is 6.50. The predicted molar refractivity (Wildman–Crippen MR) is 130 cm³/mol. The number of nitrogens with one attached hydrogen (secondary N) is 2. The van der Waals surface area contributed by atoms with Gasteiger partial charge in [0.25, 0.3) is 0 Å². The average molecular weight is 448 g/mol. The number of benzene rings is 2. The molecule has 0 spiro atoms. The van der Waals surface area contributed by atoms with Gasteiger partial charge in [0.05, 0.1) is 30.9 Å². The van der Waals surface area contributed by atoms with Crippen molar-refractivity contribution in [1.82, 2.24) is 9.97 Å². The van der Waals surface area contributed by atoms with Crippen LogP contribution in [0.4, 0.5) is 23.0 Å². The summed E-state index contributed by atoms with van der Waals surface area (Å²) in [5.41, 5.74) is 3.58. The fourth-order valence-electron chi connectivity index (χ4n) is 3.38. The molecular formula is C25H29N5O3. The van der Waals surface area contributed by atoms with E-state index in [4.69, 9.17) is 4.74 Å². The average Bonchev–Trinajstić information content (AvgIpc) is 2.85. The van der Waals surface area contributed by atoms with Crippen LogP contribution in [0.15, 0.2) is 60.8 Å². The van der Waals surface area contributed by atoms with Gasteiger partial charge < -0.3 is 25.4 Å². The highest BCUT2D eigenvalue weighted by Crippen LogP contribution is 2.24. The van der Waals surface area contributed by atoms with Gasteiger partial charge in [-0.15, -0.1) is 0 Å². The Morgan fingerprint density at radius 3 is 2.36 bits per heavy atom. The van der Waals surface area contributed by atoms with E-state index >= 15 is 0 Å². The van der Waals surface area contributed by atoms with Crippen LogP contribution in [0.3, 0.4) is 0 Å². The molecule has 3 aromatic rings. The molecule has 0 saturated carbocycles. The number of hydrogen-bond donors (Lipinski definition) is 3. The van der Waals surface area contributed by atoms with Crippen LogP contribution < -0.4 is 15.5 Å². The van der Waals surface area contributed by atoms with E-state index in [2.05, 4.69) is 37.6 Å². The molecule has 172 valence electrons. The van der Waals surface area contributed by atoms with Gasteiger partial charge in [-0.3, -0.25) is 4.79 Å². The highest BCUT2D eigenvalue weighted by atomic mass is 16.5. The van der Waals surface area contributed by atoms with E-state index in [0.717, 1.165) is 43.2 Å². The van der Waals surface area contributed by atoms with E-state index in [1.165, 1.54) is 5.69 Å². The summed E-state index contributed by atoms with van der Waals surface area (Å²) in [6, 6.07) is 17.5. The lowest BCUT2D eigenvalue weighted by molar-refractivity contribution is -0.125. The summed E-state index contributed by atoms with van der Waals surface area (Å²) in [4.78, 5) is 23.5. The van der Waals surface area contributed by atoms with Crippen molar-refractivity contribution in [2.24, 2.45) is 5.41 Å². The van der Waals surface area contributed by atoms with E-state index in [9.17, 15) is 9.90 Å². The molecule has 1 amide bonds. The molecule has 0 atom stereocenters. The summed E-state index contributed by atoms with van der Waals surface area (Å²) >= 11 is 0. The number of ether oxygens (including phenoxy) is 1. The van der Waals surface area contributed by atoms with Gasteiger partial charge in [0.15, 0.2) is 0 Å². The molecule has 2 aromatic carbocycles. The molecule has 3 N–H and O–H groups in total. The zero-order valence-electron chi connectivity index (χ0n) is 18.9. The Morgan fingerprint density at radius 1 is 1.03 bits per heavy atom. The van der Waals surface area contributed by atoms with Crippen molar-refractivity contribution in [3.05, 3.63) is 60.8 Å². The third kappa shape index (κ3) is 5.66. The molecular weight excluding hydrogens is 418 g/mol. The number of rotatable bonds is 7. The summed E-state index contributed by atoms with van der Waals surface area (Å²) in [5.74, 6) is 0.277. The third-order valence-electron chi connectivity index (χ3n) is 5.60. The van der Waals surface area contributed by atoms with Gasteiger partial charge >= 0.3 is 0 Å².